The highest BCUT2D eigenvalue weighted by atomic mass is 19.1. The molecule has 6 nitrogen and oxygen atoms in total. The summed E-state index contributed by atoms with van der Waals surface area (Å²) >= 11 is 0. The summed E-state index contributed by atoms with van der Waals surface area (Å²) in [7, 11) is 0. The molecule has 0 aromatic heterocycles. The lowest BCUT2D eigenvalue weighted by molar-refractivity contribution is -0.384. The van der Waals surface area contributed by atoms with Gasteiger partial charge in [0.1, 0.15) is 17.3 Å². The van der Waals surface area contributed by atoms with Crippen molar-refractivity contribution in [3.63, 3.8) is 0 Å². The van der Waals surface area contributed by atoms with Gasteiger partial charge in [0.05, 0.1) is 4.92 Å². The number of rotatable bonds is 3. The smallest absolute Gasteiger partial charge is 0.410 e. The van der Waals surface area contributed by atoms with Crippen molar-refractivity contribution >= 4 is 17.5 Å². The molecule has 0 aliphatic heterocycles. The Hall–Kier alpha value is -2.96. The van der Waals surface area contributed by atoms with Crippen LogP contribution in [0.15, 0.2) is 42.5 Å². The van der Waals surface area contributed by atoms with Crippen molar-refractivity contribution in [2.45, 2.75) is 6.92 Å². The highest BCUT2D eigenvalue weighted by molar-refractivity contribution is 5.89. The van der Waals surface area contributed by atoms with E-state index in [1.807, 2.05) is 0 Å². The summed E-state index contributed by atoms with van der Waals surface area (Å²) in [5, 5.41) is 13.2. The molecule has 0 aliphatic rings. The Morgan fingerprint density at radius 2 is 1.90 bits per heavy atom. The number of benzene rings is 2. The van der Waals surface area contributed by atoms with Crippen LogP contribution in [0.25, 0.3) is 0 Å². The Morgan fingerprint density at radius 1 is 1.24 bits per heavy atom. The van der Waals surface area contributed by atoms with Gasteiger partial charge >= 0.3 is 6.09 Å². The molecule has 2 aromatic rings. The van der Waals surface area contributed by atoms with Crippen LogP contribution in [0, 0.1) is 22.9 Å². The van der Waals surface area contributed by atoms with Crippen LogP contribution in [0.2, 0.25) is 0 Å². The SMILES string of the molecule is Cc1ccc(NC(=O)Oc2ccc(F)cc2)c([N+](=O)[O-])c1. The number of nitro groups is 1. The number of amides is 1. The third kappa shape index (κ3) is 3.75. The first-order valence-electron chi connectivity index (χ1n) is 5.95. The number of halogens is 1. The van der Waals surface area contributed by atoms with Gasteiger partial charge in [-0.1, -0.05) is 6.07 Å². The molecule has 0 aliphatic carbocycles. The molecular weight excluding hydrogens is 279 g/mol. The van der Waals surface area contributed by atoms with Gasteiger partial charge < -0.3 is 4.74 Å². The molecule has 0 atom stereocenters. The predicted molar refractivity (Wildman–Crippen MR) is 73.9 cm³/mol. The van der Waals surface area contributed by atoms with Crippen molar-refractivity contribution in [1.29, 1.82) is 0 Å². The van der Waals surface area contributed by atoms with E-state index >= 15 is 0 Å². The highest BCUT2D eigenvalue weighted by Gasteiger charge is 2.16. The zero-order valence-corrected chi connectivity index (χ0v) is 11.0. The van der Waals surface area contributed by atoms with Crippen molar-refractivity contribution < 1.29 is 18.8 Å². The minimum atomic E-state index is -0.895. The molecular formula is C14H11FN2O4. The van der Waals surface area contributed by atoms with Crippen molar-refractivity contribution in [2.24, 2.45) is 0 Å². The van der Waals surface area contributed by atoms with Crippen LogP contribution >= 0.6 is 0 Å². The van der Waals surface area contributed by atoms with Crippen molar-refractivity contribution in [2.75, 3.05) is 5.32 Å². The van der Waals surface area contributed by atoms with E-state index in [2.05, 4.69) is 5.32 Å². The Kier molecular flexibility index (Phi) is 4.13. The lowest BCUT2D eigenvalue weighted by Gasteiger charge is -2.07. The van der Waals surface area contributed by atoms with Gasteiger partial charge in [-0.15, -0.1) is 0 Å². The summed E-state index contributed by atoms with van der Waals surface area (Å²) in [6, 6.07) is 9.21. The summed E-state index contributed by atoms with van der Waals surface area (Å²) in [6.45, 7) is 1.70. The van der Waals surface area contributed by atoms with E-state index in [1.54, 1.807) is 13.0 Å². The number of carbonyl (C=O) groups is 1. The fourth-order valence-electron chi connectivity index (χ4n) is 1.64. The monoisotopic (exact) mass is 290 g/mol. The number of aryl methyl sites for hydroxylation is 1. The summed E-state index contributed by atoms with van der Waals surface area (Å²) in [6.07, 6.45) is -0.895. The number of hydrogen-bond acceptors (Lipinski definition) is 4. The maximum atomic E-state index is 12.7. The quantitative estimate of drug-likeness (QED) is 0.691. The summed E-state index contributed by atoms with van der Waals surface area (Å²) in [5.41, 5.74) is 0.489. The van der Waals surface area contributed by atoms with E-state index in [-0.39, 0.29) is 17.1 Å². The maximum Gasteiger partial charge on any atom is 0.417 e. The van der Waals surface area contributed by atoms with Gasteiger partial charge in [0.15, 0.2) is 0 Å². The van der Waals surface area contributed by atoms with Gasteiger partial charge in [0, 0.05) is 6.07 Å². The van der Waals surface area contributed by atoms with Crippen LogP contribution in [0.5, 0.6) is 5.75 Å². The lowest BCUT2D eigenvalue weighted by atomic mass is 10.2. The molecule has 0 saturated heterocycles. The average Bonchev–Trinajstić information content (AvgIpc) is 2.43. The number of carbonyl (C=O) groups excluding carboxylic acids is 1. The number of ether oxygens (including phenoxy) is 1. The molecule has 0 spiro atoms. The molecule has 1 N–H and O–H groups in total. The number of nitrogens with one attached hydrogen (secondary N) is 1. The van der Waals surface area contributed by atoms with Crippen molar-refractivity contribution in [3.8, 4) is 5.75 Å². The first-order valence-corrected chi connectivity index (χ1v) is 5.95. The van der Waals surface area contributed by atoms with Crippen LogP contribution in [0.1, 0.15) is 5.56 Å². The van der Waals surface area contributed by atoms with Gasteiger partial charge in [-0.3, -0.25) is 15.4 Å². The van der Waals surface area contributed by atoms with Crippen molar-refractivity contribution in [3.05, 3.63) is 64.0 Å². The number of anilines is 1. The number of nitrogens with zero attached hydrogens (tertiary/aromatic N) is 1. The van der Waals surface area contributed by atoms with Crippen LogP contribution in [0.3, 0.4) is 0 Å². The first kappa shape index (κ1) is 14.4. The summed E-state index contributed by atoms with van der Waals surface area (Å²) in [4.78, 5) is 22.0. The molecule has 7 heteroatoms. The fourth-order valence-corrected chi connectivity index (χ4v) is 1.64. The van der Waals surface area contributed by atoms with E-state index in [1.165, 1.54) is 24.3 Å². The molecule has 2 rings (SSSR count). The van der Waals surface area contributed by atoms with Gasteiger partial charge in [-0.25, -0.2) is 9.18 Å². The first-order chi connectivity index (χ1) is 9.95. The van der Waals surface area contributed by atoms with Gasteiger partial charge in [-0.2, -0.15) is 0 Å². The molecule has 0 heterocycles. The van der Waals surface area contributed by atoms with E-state index in [4.69, 9.17) is 4.74 Å². The highest BCUT2D eigenvalue weighted by Crippen LogP contribution is 2.25. The Morgan fingerprint density at radius 3 is 2.52 bits per heavy atom. The van der Waals surface area contributed by atoms with E-state index in [0.29, 0.717) is 5.56 Å². The zero-order chi connectivity index (χ0) is 15.4. The topological polar surface area (TPSA) is 81.5 Å². The lowest BCUT2D eigenvalue weighted by Crippen LogP contribution is -2.17. The second-order valence-electron chi connectivity index (χ2n) is 4.25. The van der Waals surface area contributed by atoms with Crippen LogP contribution < -0.4 is 10.1 Å². The molecule has 1 amide bonds. The van der Waals surface area contributed by atoms with Crippen LogP contribution in [-0.4, -0.2) is 11.0 Å². The molecule has 21 heavy (non-hydrogen) atoms. The number of nitro benzene ring substituents is 1. The minimum Gasteiger partial charge on any atom is -0.410 e. The molecule has 0 bridgehead atoms. The number of hydrogen-bond donors (Lipinski definition) is 1. The summed E-state index contributed by atoms with van der Waals surface area (Å²) in [5.74, 6) is -0.333. The fraction of sp³-hybridized carbons (Fsp3) is 0.0714. The standard InChI is InChI=1S/C14H11FN2O4/c1-9-2-7-12(13(8-9)17(19)20)16-14(18)21-11-5-3-10(15)4-6-11/h2-8H,1H3,(H,16,18). The molecule has 2 aromatic carbocycles. The third-order valence-electron chi connectivity index (χ3n) is 2.61. The summed E-state index contributed by atoms with van der Waals surface area (Å²) < 4.78 is 17.6. The van der Waals surface area contributed by atoms with Crippen molar-refractivity contribution in [1.82, 2.24) is 0 Å². The van der Waals surface area contributed by atoms with E-state index in [0.717, 1.165) is 12.1 Å². The van der Waals surface area contributed by atoms with Crippen LogP contribution in [0.4, 0.5) is 20.6 Å². The largest absolute Gasteiger partial charge is 0.417 e. The minimum absolute atomic E-state index is 0.0257. The third-order valence-corrected chi connectivity index (χ3v) is 2.61. The maximum absolute atomic E-state index is 12.7. The van der Waals surface area contributed by atoms with Crippen LogP contribution in [-0.2, 0) is 0 Å². The van der Waals surface area contributed by atoms with E-state index < -0.39 is 16.8 Å². The molecule has 0 saturated carbocycles. The second-order valence-corrected chi connectivity index (χ2v) is 4.25. The predicted octanol–water partition coefficient (Wildman–Crippen LogP) is 3.65. The van der Waals surface area contributed by atoms with Gasteiger partial charge in [-0.05, 0) is 42.8 Å². The van der Waals surface area contributed by atoms with Gasteiger partial charge in [0.2, 0.25) is 0 Å². The molecule has 108 valence electrons. The Bertz CT molecular complexity index is 686. The second kappa shape index (κ2) is 6.00. The van der Waals surface area contributed by atoms with E-state index in [9.17, 15) is 19.3 Å². The van der Waals surface area contributed by atoms with Gasteiger partial charge in [0.25, 0.3) is 5.69 Å². The average molecular weight is 290 g/mol. The zero-order valence-electron chi connectivity index (χ0n) is 11.0. The molecule has 0 fully saturated rings. The normalized spacial score (nSPS) is 10.0. The molecule has 0 unspecified atom stereocenters. The molecule has 0 radical (unpaired) electrons. The Balaban J connectivity index is 2.12. The Labute approximate surface area is 119 Å².